The molecule has 1 N–H and O–H groups in total. The van der Waals surface area contributed by atoms with E-state index in [1.54, 1.807) is 47.6 Å². The van der Waals surface area contributed by atoms with Crippen LogP contribution in [-0.2, 0) is 0 Å². The second kappa shape index (κ2) is 10.9. The Morgan fingerprint density at radius 3 is 2.64 bits per heavy atom. The summed E-state index contributed by atoms with van der Waals surface area (Å²) in [4.78, 5) is 38.4. The van der Waals surface area contributed by atoms with Gasteiger partial charge in [-0.25, -0.2) is 4.98 Å². The van der Waals surface area contributed by atoms with Crippen LogP contribution in [0.5, 0.6) is 5.88 Å². The van der Waals surface area contributed by atoms with Crippen LogP contribution < -0.4 is 4.74 Å². The highest BCUT2D eigenvalue weighted by Crippen LogP contribution is 2.31. The lowest BCUT2D eigenvalue weighted by Crippen LogP contribution is -2.50. The van der Waals surface area contributed by atoms with Gasteiger partial charge in [0.1, 0.15) is 11.7 Å². The summed E-state index contributed by atoms with van der Waals surface area (Å²) in [6.07, 6.45) is 4.46. The molecule has 188 valence electrons. The molecule has 3 aromatic rings. The van der Waals surface area contributed by atoms with Crippen LogP contribution in [0, 0.1) is 12.8 Å². The van der Waals surface area contributed by atoms with Crippen LogP contribution in [0.15, 0.2) is 61.1 Å². The number of carbonyl (C=O) groups is 2. The molecule has 8 heteroatoms. The minimum atomic E-state index is -0.419. The maximum absolute atomic E-state index is 13.7. The molecule has 2 amide bonds. The van der Waals surface area contributed by atoms with E-state index in [4.69, 9.17) is 4.74 Å². The molecule has 0 radical (unpaired) electrons. The molecule has 0 fully saturated rings. The summed E-state index contributed by atoms with van der Waals surface area (Å²) in [5, 5.41) is 9.88. The largest absolute Gasteiger partial charge is 0.472 e. The summed E-state index contributed by atoms with van der Waals surface area (Å²) in [5.41, 5.74) is 3.75. The van der Waals surface area contributed by atoms with Gasteiger partial charge < -0.3 is 19.6 Å². The first-order valence-corrected chi connectivity index (χ1v) is 12.1. The molecule has 2 aromatic heterocycles. The van der Waals surface area contributed by atoms with Gasteiger partial charge in [0.2, 0.25) is 5.88 Å². The monoisotopic (exact) mass is 488 g/mol. The summed E-state index contributed by atoms with van der Waals surface area (Å²) in [6, 6.07) is 12.7. The molecular weight excluding hydrogens is 456 g/mol. The van der Waals surface area contributed by atoms with Crippen LogP contribution >= 0.6 is 0 Å². The van der Waals surface area contributed by atoms with Crippen molar-refractivity contribution >= 4 is 11.8 Å². The second-order valence-corrected chi connectivity index (χ2v) is 9.44. The first-order valence-electron chi connectivity index (χ1n) is 12.1. The van der Waals surface area contributed by atoms with Gasteiger partial charge in [-0.05, 0) is 43.2 Å². The normalized spacial score (nSPS) is 18.5. The number of ether oxygens (including phenoxy) is 1. The van der Waals surface area contributed by atoms with Crippen molar-refractivity contribution in [3.8, 4) is 17.0 Å². The Hall–Kier alpha value is -3.78. The fourth-order valence-electron chi connectivity index (χ4n) is 4.43. The molecule has 1 aliphatic rings. The molecule has 0 bridgehead atoms. The van der Waals surface area contributed by atoms with Crippen LogP contribution in [0.25, 0.3) is 11.1 Å². The van der Waals surface area contributed by atoms with E-state index >= 15 is 0 Å². The van der Waals surface area contributed by atoms with E-state index in [0.717, 1.165) is 16.7 Å². The Labute approximate surface area is 211 Å². The molecule has 1 aliphatic heterocycles. The van der Waals surface area contributed by atoms with Crippen LogP contribution in [0.1, 0.15) is 40.1 Å². The smallest absolute Gasteiger partial charge is 0.259 e. The quantitative estimate of drug-likeness (QED) is 0.571. The Morgan fingerprint density at radius 1 is 1.22 bits per heavy atom. The number of rotatable bonds is 6. The van der Waals surface area contributed by atoms with Gasteiger partial charge in [0.05, 0.1) is 19.2 Å². The van der Waals surface area contributed by atoms with Crippen molar-refractivity contribution in [3.63, 3.8) is 0 Å². The zero-order valence-electron chi connectivity index (χ0n) is 21.1. The summed E-state index contributed by atoms with van der Waals surface area (Å²) in [6.45, 7) is 6.32. The van der Waals surface area contributed by atoms with E-state index in [-0.39, 0.29) is 36.3 Å². The van der Waals surface area contributed by atoms with Crippen molar-refractivity contribution in [1.82, 2.24) is 19.8 Å². The Balaban J connectivity index is 1.70. The van der Waals surface area contributed by atoms with Gasteiger partial charge in [-0.1, -0.05) is 31.2 Å². The summed E-state index contributed by atoms with van der Waals surface area (Å²) in [5.74, 6) is -0.272. The van der Waals surface area contributed by atoms with E-state index in [1.807, 2.05) is 51.1 Å². The maximum atomic E-state index is 13.7. The number of aromatic nitrogens is 2. The molecule has 36 heavy (non-hydrogen) atoms. The average molecular weight is 489 g/mol. The molecular formula is C28H32N4O4. The van der Waals surface area contributed by atoms with Gasteiger partial charge in [-0.2, -0.15) is 0 Å². The highest BCUT2D eigenvalue weighted by atomic mass is 16.5. The van der Waals surface area contributed by atoms with Crippen molar-refractivity contribution < 1.29 is 19.4 Å². The maximum Gasteiger partial charge on any atom is 0.259 e. The Kier molecular flexibility index (Phi) is 7.64. The molecule has 3 heterocycles. The highest BCUT2D eigenvalue weighted by Gasteiger charge is 2.35. The number of amides is 2. The van der Waals surface area contributed by atoms with Gasteiger partial charge >= 0.3 is 0 Å². The molecule has 0 aliphatic carbocycles. The number of aliphatic hydroxyl groups excluding tert-OH is 1. The average Bonchev–Trinajstić information content (AvgIpc) is 2.90. The van der Waals surface area contributed by atoms with Crippen LogP contribution in [0.3, 0.4) is 0 Å². The first-order chi connectivity index (χ1) is 17.3. The number of carbonyl (C=O) groups excluding carboxylic acids is 2. The number of hydrogen-bond acceptors (Lipinski definition) is 6. The second-order valence-electron chi connectivity index (χ2n) is 9.44. The zero-order valence-corrected chi connectivity index (χ0v) is 21.1. The molecule has 8 nitrogen and oxygen atoms in total. The van der Waals surface area contributed by atoms with E-state index in [9.17, 15) is 14.7 Å². The van der Waals surface area contributed by atoms with Gasteiger partial charge in [-0.15, -0.1) is 0 Å². The van der Waals surface area contributed by atoms with Gasteiger partial charge in [0.25, 0.3) is 11.8 Å². The number of likely N-dealkylation sites (N-methyl/N-ethyl adjacent to an activating group) is 1. The molecule has 1 aromatic carbocycles. The van der Waals surface area contributed by atoms with E-state index in [0.29, 0.717) is 24.2 Å². The summed E-state index contributed by atoms with van der Waals surface area (Å²) >= 11 is 0. The van der Waals surface area contributed by atoms with Crippen LogP contribution in [0.2, 0.25) is 0 Å². The van der Waals surface area contributed by atoms with Gasteiger partial charge in [-0.3, -0.25) is 14.6 Å². The van der Waals surface area contributed by atoms with E-state index < -0.39 is 6.10 Å². The Morgan fingerprint density at radius 2 is 1.94 bits per heavy atom. The molecule has 4 rings (SSSR count). The summed E-state index contributed by atoms with van der Waals surface area (Å²) in [7, 11) is 1.73. The predicted molar refractivity (Wildman–Crippen MR) is 137 cm³/mol. The number of pyridine rings is 2. The molecule has 0 unspecified atom stereocenters. The van der Waals surface area contributed by atoms with Gasteiger partial charge in [0.15, 0.2) is 0 Å². The lowest BCUT2D eigenvalue weighted by Gasteiger charge is -2.37. The van der Waals surface area contributed by atoms with Crippen molar-refractivity contribution in [2.24, 2.45) is 5.92 Å². The number of aryl methyl sites for hydroxylation is 1. The molecule has 0 saturated heterocycles. The van der Waals surface area contributed by atoms with Crippen molar-refractivity contribution in [2.75, 3.05) is 26.7 Å². The number of aliphatic hydroxyl groups is 1. The van der Waals surface area contributed by atoms with Crippen LogP contribution in [0.4, 0.5) is 0 Å². The van der Waals surface area contributed by atoms with Crippen molar-refractivity contribution in [1.29, 1.82) is 0 Å². The number of nitrogens with zero attached hydrogens (tertiary/aromatic N) is 4. The lowest BCUT2D eigenvalue weighted by molar-refractivity contribution is 0.0313. The predicted octanol–water partition coefficient (Wildman–Crippen LogP) is 3.44. The minimum Gasteiger partial charge on any atom is -0.472 e. The fraction of sp³-hybridized carbons (Fsp3) is 0.357. The summed E-state index contributed by atoms with van der Waals surface area (Å²) < 4.78 is 6.33. The molecule has 3 atom stereocenters. The lowest BCUT2D eigenvalue weighted by atomic mass is 9.98. The zero-order chi connectivity index (χ0) is 25.8. The fourth-order valence-corrected chi connectivity index (χ4v) is 4.43. The highest BCUT2D eigenvalue weighted by molar-refractivity contribution is 5.98. The van der Waals surface area contributed by atoms with Crippen molar-refractivity contribution in [3.05, 3.63) is 77.7 Å². The van der Waals surface area contributed by atoms with E-state index in [1.165, 1.54) is 0 Å². The Bertz CT molecular complexity index is 1230. The standard InChI is InChI=1S/C28H32N4O4/c1-18-7-5-6-8-23(18)22-13-24-26(30-14-22)36-25(19(2)15-32(28(24)35)20(3)17-33)16-31(4)27(34)21-9-11-29-12-10-21/h5-14,19-20,25,33H,15-17H2,1-4H3/t19-,20+,25-/m1/s1. The number of fused-ring (bicyclic) bond motifs is 1. The third-order valence-electron chi connectivity index (χ3n) is 6.70. The number of benzene rings is 1. The first kappa shape index (κ1) is 25.3. The van der Waals surface area contributed by atoms with Crippen molar-refractivity contribution in [2.45, 2.75) is 32.9 Å². The third-order valence-corrected chi connectivity index (χ3v) is 6.70. The van der Waals surface area contributed by atoms with Crippen LogP contribution in [-0.4, -0.2) is 75.6 Å². The van der Waals surface area contributed by atoms with Gasteiger partial charge in [0, 0.05) is 49.2 Å². The molecule has 0 spiro atoms. The minimum absolute atomic E-state index is 0.123. The topological polar surface area (TPSA) is 95.9 Å². The molecule has 0 saturated carbocycles. The SMILES string of the molecule is Cc1ccccc1-c1cnc2c(c1)C(=O)N([C@@H](C)CO)C[C@@H](C)[C@@H](CN(C)C(=O)c1ccncc1)O2. The number of hydrogen-bond donors (Lipinski definition) is 1. The third kappa shape index (κ3) is 5.23. The van der Waals surface area contributed by atoms with E-state index in [2.05, 4.69) is 9.97 Å².